The second-order valence-corrected chi connectivity index (χ2v) is 6.88. The summed E-state index contributed by atoms with van der Waals surface area (Å²) in [7, 11) is 1.56. The first-order chi connectivity index (χ1) is 13.7. The number of nitrogens with zero attached hydrogens (tertiary/aromatic N) is 5. The van der Waals surface area contributed by atoms with Crippen LogP contribution in [0.5, 0.6) is 6.01 Å². The highest BCUT2D eigenvalue weighted by Gasteiger charge is 2.23. The van der Waals surface area contributed by atoms with Gasteiger partial charge in [-0.3, -0.25) is 14.7 Å². The summed E-state index contributed by atoms with van der Waals surface area (Å²) in [4.78, 5) is 34.4. The second kappa shape index (κ2) is 8.26. The van der Waals surface area contributed by atoms with E-state index in [1.807, 2.05) is 12.1 Å². The van der Waals surface area contributed by atoms with Gasteiger partial charge < -0.3 is 9.72 Å². The molecule has 0 bridgehead atoms. The molecule has 4 rings (SSSR count). The molecule has 0 saturated carbocycles. The van der Waals surface area contributed by atoms with Gasteiger partial charge in [0.2, 0.25) is 0 Å². The number of likely N-dealkylation sites (tertiary alicyclic amines) is 1. The zero-order chi connectivity index (χ0) is 19.3. The summed E-state index contributed by atoms with van der Waals surface area (Å²) in [5.41, 5.74) is 2.68. The van der Waals surface area contributed by atoms with E-state index < -0.39 is 0 Å². The van der Waals surface area contributed by atoms with Crippen LogP contribution in [-0.4, -0.2) is 50.0 Å². The van der Waals surface area contributed by atoms with E-state index in [0.717, 1.165) is 49.3 Å². The minimum absolute atomic E-state index is 0.116. The smallest absolute Gasteiger partial charge is 0.316 e. The Balaban J connectivity index is 1.42. The van der Waals surface area contributed by atoms with Crippen LogP contribution in [0.3, 0.4) is 0 Å². The lowest BCUT2D eigenvalue weighted by Crippen LogP contribution is -2.33. The van der Waals surface area contributed by atoms with Crippen molar-refractivity contribution in [2.75, 3.05) is 20.2 Å². The number of piperidine rings is 1. The number of pyridine rings is 1. The van der Waals surface area contributed by atoms with Crippen molar-refractivity contribution < 1.29 is 4.74 Å². The van der Waals surface area contributed by atoms with Gasteiger partial charge in [0.25, 0.3) is 5.56 Å². The lowest BCUT2D eigenvalue weighted by Gasteiger charge is -2.31. The standard InChI is InChI=1S/C20H22N6O2/c1-28-20-22-11-14(12-23-20)13-26-8-4-15(5-9-26)17-10-18(27)25-19(24-17)16-2-6-21-7-3-16/h2-3,6-7,10-12,15H,4-5,8-9,13H2,1H3,(H,24,25,27). The summed E-state index contributed by atoms with van der Waals surface area (Å²) in [5, 5.41) is 0. The Morgan fingerprint density at radius 1 is 1.18 bits per heavy atom. The largest absolute Gasteiger partial charge is 0.467 e. The van der Waals surface area contributed by atoms with Crippen molar-refractivity contribution in [1.29, 1.82) is 0 Å². The van der Waals surface area contributed by atoms with E-state index in [0.29, 0.717) is 11.8 Å². The van der Waals surface area contributed by atoms with Gasteiger partial charge in [-0.25, -0.2) is 15.0 Å². The van der Waals surface area contributed by atoms with Crippen LogP contribution in [0.15, 0.2) is 47.8 Å². The van der Waals surface area contributed by atoms with Crippen LogP contribution in [0.4, 0.5) is 0 Å². The van der Waals surface area contributed by atoms with Crippen LogP contribution in [0, 0.1) is 0 Å². The molecule has 4 heterocycles. The van der Waals surface area contributed by atoms with Gasteiger partial charge in [0, 0.05) is 54.4 Å². The Labute approximate surface area is 162 Å². The van der Waals surface area contributed by atoms with Gasteiger partial charge in [-0.15, -0.1) is 0 Å². The van der Waals surface area contributed by atoms with Crippen molar-refractivity contribution in [3.8, 4) is 17.4 Å². The zero-order valence-electron chi connectivity index (χ0n) is 15.7. The van der Waals surface area contributed by atoms with Crippen LogP contribution in [0.1, 0.15) is 30.0 Å². The fourth-order valence-corrected chi connectivity index (χ4v) is 3.51. The third-order valence-electron chi connectivity index (χ3n) is 4.99. The summed E-state index contributed by atoms with van der Waals surface area (Å²) in [5.74, 6) is 0.883. The Kier molecular flexibility index (Phi) is 5.38. The molecule has 0 amide bonds. The van der Waals surface area contributed by atoms with Gasteiger partial charge >= 0.3 is 6.01 Å². The average Bonchev–Trinajstić information content (AvgIpc) is 2.75. The molecule has 8 heteroatoms. The van der Waals surface area contributed by atoms with Gasteiger partial charge in [0.1, 0.15) is 5.82 Å². The maximum atomic E-state index is 12.1. The third kappa shape index (κ3) is 4.23. The number of hydrogen-bond acceptors (Lipinski definition) is 7. The van der Waals surface area contributed by atoms with E-state index >= 15 is 0 Å². The van der Waals surface area contributed by atoms with E-state index in [4.69, 9.17) is 9.72 Å². The second-order valence-electron chi connectivity index (χ2n) is 6.88. The first-order valence-electron chi connectivity index (χ1n) is 9.30. The van der Waals surface area contributed by atoms with E-state index in [-0.39, 0.29) is 11.5 Å². The normalized spacial score (nSPS) is 15.5. The van der Waals surface area contributed by atoms with Crippen LogP contribution in [-0.2, 0) is 6.54 Å². The first-order valence-corrected chi connectivity index (χ1v) is 9.30. The topological polar surface area (TPSA) is 96.9 Å². The minimum atomic E-state index is -0.116. The maximum Gasteiger partial charge on any atom is 0.316 e. The molecule has 8 nitrogen and oxygen atoms in total. The number of nitrogens with one attached hydrogen (secondary N) is 1. The monoisotopic (exact) mass is 378 g/mol. The number of hydrogen-bond donors (Lipinski definition) is 1. The lowest BCUT2D eigenvalue weighted by atomic mass is 9.93. The van der Waals surface area contributed by atoms with Crippen LogP contribution in [0.2, 0.25) is 0 Å². The molecule has 3 aromatic heterocycles. The van der Waals surface area contributed by atoms with Gasteiger partial charge in [-0.05, 0) is 38.1 Å². The van der Waals surface area contributed by atoms with Crippen molar-refractivity contribution in [3.63, 3.8) is 0 Å². The number of methoxy groups -OCH3 is 1. The molecule has 0 radical (unpaired) electrons. The van der Waals surface area contributed by atoms with Gasteiger partial charge in [0.05, 0.1) is 12.8 Å². The summed E-state index contributed by atoms with van der Waals surface area (Å²) in [6.07, 6.45) is 8.92. The summed E-state index contributed by atoms with van der Waals surface area (Å²) in [6, 6.07) is 5.71. The zero-order valence-corrected chi connectivity index (χ0v) is 15.7. The fraction of sp³-hybridized carbons (Fsp3) is 0.350. The van der Waals surface area contributed by atoms with Crippen molar-refractivity contribution in [3.05, 3.63) is 64.6 Å². The highest BCUT2D eigenvalue weighted by atomic mass is 16.5. The fourth-order valence-electron chi connectivity index (χ4n) is 3.51. The van der Waals surface area contributed by atoms with Crippen LogP contribution >= 0.6 is 0 Å². The average molecular weight is 378 g/mol. The molecular weight excluding hydrogens is 356 g/mol. The van der Waals surface area contributed by atoms with E-state index in [1.54, 1.807) is 38.0 Å². The summed E-state index contributed by atoms with van der Waals surface area (Å²) >= 11 is 0. The number of aromatic nitrogens is 5. The van der Waals surface area contributed by atoms with Crippen LogP contribution < -0.4 is 10.3 Å². The number of aromatic amines is 1. The van der Waals surface area contributed by atoms with E-state index in [9.17, 15) is 4.79 Å². The van der Waals surface area contributed by atoms with Crippen molar-refractivity contribution in [1.82, 2.24) is 29.8 Å². The molecule has 3 aromatic rings. The van der Waals surface area contributed by atoms with Gasteiger partial charge in [0.15, 0.2) is 0 Å². The summed E-state index contributed by atoms with van der Waals surface area (Å²) < 4.78 is 5.00. The van der Waals surface area contributed by atoms with E-state index in [2.05, 4.69) is 24.8 Å². The first kappa shape index (κ1) is 18.2. The Hall–Kier alpha value is -3.13. The molecule has 0 atom stereocenters. The van der Waals surface area contributed by atoms with E-state index in [1.165, 1.54) is 0 Å². The number of rotatable bonds is 5. The predicted molar refractivity (Wildman–Crippen MR) is 104 cm³/mol. The lowest BCUT2D eigenvalue weighted by molar-refractivity contribution is 0.202. The number of H-pyrrole nitrogens is 1. The Morgan fingerprint density at radius 3 is 2.57 bits per heavy atom. The predicted octanol–water partition coefficient (Wildman–Crippen LogP) is 2.01. The molecule has 1 fully saturated rings. The van der Waals surface area contributed by atoms with Crippen molar-refractivity contribution in [2.24, 2.45) is 0 Å². The molecule has 1 N–H and O–H groups in total. The molecule has 1 saturated heterocycles. The molecule has 1 aliphatic rings. The molecule has 28 heavy (non-hydrogen) atoms. The van der Waals surface area contributed by atoms with Gasteiger partial charge in [-0.2, -0.15) is 0 Å². The van der Waals surface area contributed by atoms with Gasteiger partial charge in [-0.1, -0.05) is 0 Å². The quantitative estimate of drug-likeness (QED) is 0.725. The molecule has 1 aliphatic heterocycles. The molecule has 0 spiro atoms. The van der Waals surface area contributed by atoms with Crippen LogP contribution in [0.25, 0.3) is 11.4 Å². The minimum Gasteiger partial charge on any atom is -0.467 e. The maximum absolute atomic E-state index is 12.1. The molecule has 144 valence electrons. The Bertz CT molecular complexity index is 966. The summed E-state index contributed by atoms with van der Waals surface area (Å²) in [6.45, 7) is 2.69. The number of ether oxygens (including phenoxy) is 1. The molecular formula is C20H22N6O2. The highest BCUT2D eigenvalue weighted by molar-refractivity contribution is 5.53. The molecule has 0 unspecified atom stereocenters. The van der Waals surface area contributed by atoms with Crippen molar-refractivity contribution in [2.45, 2.75) is 25.3 Å². The third-order valence-corrected chi connectivity index (χ3v) is 4.99. The molecule has 0 aliphatic carbocycles. The highest BCUT2D eigenvalue weighted by Crippen LogP contribution is 2.27. The Morgan fingerprint density at radius 2 is 1.89 bits per heavy atom. The molecule has 0 aromatic carbocycles. The van der Waals surface area contributed by atoms with Crippen molar-refractivity contribution >= 4 is 0 Å². The SMILES string of the molecule is COc1ncc(CN2CCC(c3cc(=O)[nH]c(-c4ccncc4)n3)CC2)cn1.